The molecule has 2 aromatic rings. The average Bonchev–Trinajstić information content (AvgIpc) is 3.22. The van der Waals surface area contributed by atoms with E-state index in [0.29, 0.717) is 25.2 Å². The van der Waals surface area contributed by atoms with Crippen LogP contribution >= 0.6 is 0 Å². The van der Waals surface area contributed by atoms with Gasteiger partial charge in [-0.3, -0.25) is 9.89 Å². The van der Waals surface area contributed by atoms with E-state index < -0.39 is 10.0 Å². The normalized spacial score (nSPS) is 20.1. The van der Waals surface area contributed by atoms with E-state index in [1.807, 2.05) is 6.20 Å². The van der Waals surface area contributed by atoms with Gasteiger partial charge in [-0.25, -0.2) is 8.42 Å². The molecule has 1 saturated heterocycles. The topological polar surface area (TPSA) is 104 Å². The fourth-order valence-electron chi connectivity index (χ4n) is 4.08. The Morgan fingerprint density at radius 1 is 1.28 bits per heavy atom. The number of hydrogen-bond donors (Lipinski definition) is 2. The average molecular weight is 419 g/mol. The Morgan fingerprint density at radius 2 is 2.07 bits per heavy atom. The van der Waals surface area contributed by atoms with Crippen molar-refractivity contribution in [2.75, 3.05) is 25.5 Å². The number of piperidine rings is 1. The van der Waals surface area contributed by atoms with Crippen molar-refractivity contribution < 1.29 is 17.9 Å². The summed E-state index contributed by atoms with van der Waals surface area (Å²) in [6, 6.07) is 4.78. The summed E-state index contributed by atoms with van der Waals surface area (Å²) in [6.07, 6.45) is 6.72. The molecule has 1 amide bonds. The Labute approximate surface area is 170 Å². The molecule has 1 aromatic carbocycles. The molecule has 1 atom stereocenters. The number of rotatable bonds is 5. The minimum Gasteiger partial charge on any atom is -0.495 e. The first-order chi connectivity index (χ1) is 14.0. The Balaban J connectivity index is 1.54. The molecular weight excluding hydrogens is 392 g/mol. The van der Waals surface area contributed by atoms with Crippen molar-refractivity contribution in [3.63, 3.8) is 0 Å². The highest BCUT2D eigenvalue weighted by Gasteiger charge is 2.30. The number of benzene rings is 1. The van der Waals surface area contributed by atoms with Gasteiger partial charge in [0.1, 0.15) is 10.6 Å². The molecular formula is C20H26N4O4S. The Hall–Kier alpha value is -2.39. The Kier molecular flexibility index (Phi) is 5.60. The highest BCUT2D eigenvalue weighted by Crippen LogP contribution is 2.32. The van der Waals surface area contributed by atoms with Gasteiger partial charge in [-0.2, -0.15) is 9.40 Å². The van der Waals surface area contributed by atoms with Gasteiger partial charge in [0.2, 0.25) is 15.9 Å². The zero-order valence-electron chi connectivity index (χ0n) is 16.5. The number of aromatic amines is 1. The standard InChI is InChI=1S/C20H26N4O4S/c1-28-18-8-7-16(12-19(18)29(26,27)24-9-3-2-4-10-24)22-20(25)14-5-6-15-13-21-23-17(15)11-14/h7-8,12-14H,2-6,9-11H2,1H3,(H,21,23)(H,22,25)/t14-/m1/s1. The number of methoxy groups -OCH3 is 1. The van der Waals surface area contributed by atoms with Crippen LogP contribution in [0.4, 0.5) is 5.69 Å². The van der Waals surface area contributed by atoms with E-state index in [1.165, 1.54) is 17.5 Å². The van der Waals surface area contributed by atoms with Crippen molar-refractivity contribution >= 4 is 21.6 Å². The summed E-state index contributed by atoms with van der Waals surface area (Å²) in [6.45, 7) is 1.02. The quantitative estimate of drug-likeness (QED) is 0.776. The molecule has 8 nitrogen and oxygen atoms in total. The minimum absolute atomic E-state index is 0.0965. The van der Waals surface area contributed by atoms with Crippen molar-refractivity contribution in [1.82, 2.24) is 14.5 Å². The highest BCUT2D eigenvalue weighted by molar-refractivity contribution is 7.89. The third kappa shape index (κ3) is 4.02. The smallest absolute Gasteiger partial charge is 0.246 e. The number of fused-ring (bicyclic) bond motifs is 1. The molecule has 0 unspecified atom stereocenters. The fraction of sp³-hybridized carbons (Fsp3) is 0.500. The molecule has 0 saturated carbocycles. The molecule has 156 valence electrons. The molecule has 1 aliphatic heterocycles. The first-order valence-corrected chi connectivity index (χ1v) is 11.4. The molecule has 1 aliphatic carbocycles. The molecule has 4 rings (SSSR count). The molecule has 9 heteroatoms. The van der Waals surface area contributed by atoms with E-state index in [4.69, 9.17) is 4.74 Å². The van der Waals surface area contributed by atoms with Crippen LogP contribution in [-0.4, -0.2) is 49.0 Å². The molecule has 0 bridgehead atoms. The number of ether oxygens (including phenoxy) is 1. The fourth-order valence-corrected chi connectivity index (χ4v) is 5.78. The van der Waals surface area contributed by atoms with Gasteiger partial charge < -0.3 is 10.1 Å². The number of hydrogen-bond acceptors (Lipinski definition) is 5. The summed E-state index contributed by atoms with van der Waals surface area (Å²) in [7, 11) is -2.23. The van der Waals surface area contributed by atoms with E-state index in [-0.39, 0.29) is 22.5 Å². The SMILES string of the molecule is COc1ccc(NC(=O)[C@@H]2CCc3cn[nH]c3C2)cc1S(=O)(=O)N1CCCCC1. The van der Waals surface area contributed by atoms with Crippen LogP contribution in [0.15, 0.2) is 29.3 Å². The van der Waals surface area contributed by atoms with E-state index >= 15 is 0 Å². The lowest BCUT2D eigenvalue weighted by Gasteiger charge is -2.27. The van der Waals surface area contributed by atoms with Crippen LogP contribution in [0.5, 0.6) is 5.75 Å². The number of H-pyrrole nitrogens is 1. The van der Waals surface area contributed by atoms with Gasteiger partial charge in [-0.15, -0.1) is 0 Å². The third-order valence-corrected chi connectivity index (χ3v) is 7.67. The minimum atomic E-state index is -3.68. The van der Waals surface area contributed by atoms with Crippen LogP contribution in [-0.2, 0) is 27.7 Å². The number of nitrogens with one attached hydrogen (secondary N) is 2. The maximum atomic E-state index is 13.1. The van der Waals surface area contributed by atoms with Crippen molar-refractivity contribution in [2.24, 2.45) is 5.92 Å². The van der Waals surface area contributed by atoms with Gasteiger partial charge in [0.15, 0.2) is 0 Å². The van der Waals surface area contributed by atoms with Gasteiger partial charge >= 0.3 is 0 Å². The zero-order valence-corrected chi connectivity index (χ0v) is 17.3. The molecule has 29 heavy (non-hydrogen) atoms. The second-order valence-electron chi connectivity index (χ2n) is 7.63. The lowest BCUT2D eigenvalue weighted by molar-refractivity contribution is -0.120. The molecule has 2 aliphatic rings. The number of carbonyl (C=O) groups excluding carboxylic acids is 1. The molecule has 2 heterocycles. The molecule has 0 spiro atoms. The van der Waals surface area contributed by atoms with Gasteiger partial charge in [0.05, 0.1) is 13.3 Å². The number of nitrogens with zero attached hydrogens (tertiary/aromatic N) is 2. The van der Waals surface area contributed by atoms with Gasteiger partial charge in [-0.05, 0) is 49.4 Å². The summed E-state index contributed by atoms with van der Waals surface area (Å²) in [5, 5.41) is 9.89. The number of carbonyl (C=O) groups is 1. The maximum absolute atomic E-state index is 13.1. The molecule has 1 aromatic heterocycles. The van der Waals surface area contributed by atoms with E-state index in [1.54, 1.807) is 12.1 Å². The van der Waals surface area contributed by atoms with E-state index in [0.717, 1.165) is 43.4 Å². The summed E-state index contributed by atoms with van der Waals surface area (Å²) >= 11 is 0. The number of sulfonamides is 1. The first-order valence-electron chi connectivity index (χ1n) is 9.99. The third-order valence-electron chi connectivity index (χ3n) is 5.75. The predicted molar refractivity (Wildman–Crippen MR) is 108 cm³/mol. The lowest BCUT2D eigenvalue weighted by atomic mass is 9.87. The van der Waals surface area contributed by atoms with Crippen LogP contribution in [0.25, 0.3) is 0 Å². The molecule has 0 radical (unpaired) electrons. The Morgan fingerprint density at radius 3 is 2.83 bits per heavy atom. The largest absolute Gasteiger partial charge is 0.495 e. The zero-order chi connectivity index (χ0) is 20.4. The van der Waals surface area contributed by atoms with Crippen molar-refractivity contribution in [3.8, 4) is 5.75 Å². The first kappa shape index (κ1) is 19.9. The number of aryl methyl sites for hydroxylation is 1. The van der Waals surface area contributed by atoms with Crippen LogP contribution in [0, 0.1) is 5.92 Å². The molecule has 2 N–H and O–H groups in total. The van der Waals surface area contributed by atoms with Gasteiger partial charge in [0.25, 0.3) is 0 Å². The lowest BCUT2D eigenvalue weighted by Crippen LogP contribution is -2.35. The maximum Gasteiger partial charge on any atom is 0.246 e. The second-order valence-corrected chi connectivity index (χ2v) is 9.54. The van der Waals surface area contributed by atoms with E-state index in [9.17, 15) is 13.2 Å². The summed E-state index contributed by atoms with van der Waals surface area (Å²) in [4.78, 5) is 12.9. The monoisotopic (exact) mass is 418 g/mol. The summed E-state index contributed by atoms with van der Waals surface area (Å²) in [5.74, 6) is -0.00252. The number of anilines is 1. The van der Waals surface area contributed by atoms with Crippen LogP contribution < -0.4 is 10.1 Å². The molecule has 1 fully saturated rings. The number of aromatic nitrogens is 2. The number of amides is 1. The predicted octanol–water partition coefficient (Wildman–Crippen LogP) is 2.34. The van der Waals surface area contributed by atoms with Crippen LogP contribution in [0.3, 0.4) is 0 Å². The van der Waals surface area contributed by atoms with Gasteiger partial charge in [0, 0.05) is 36.8 Å². The van der Waals surface area contributed by atoms with Crippen molar-refractivity contribution in [1.29, 1.82) is 0 Å². The summed E-state index contributed by atoms with van der Waals surface area (Å²) in [5.41, 5.74) is 2.62. The van der Waals surface area contributed by atoms with Crippen molar-refractivity contribution in [2.45, 2.75) is 43.4 Å². The summed E-state index contributed by atoms with van der Waals surface area (Å²) < 4.78 is 33.1. The second kappa shape index (κ2) is 8.16. The van der Waals surface area contributed by atoms with Crippen molar-refractivity contribution in [3.05, 3.63) is 35.7 Å². The van der Waals surface area contributed by atoms with Crippen LogP contribution in [0.1, 0.15) is 36.9 Å². The Bertz CT molecular complexity index is 996. The van der Waals surface area contributed by atoms with Gasteiger partial charge in [-0.1, -0.05) is 6.42 Å². The van der Waals surface area contributed by atoms with E-state index in [2.05, 4.69) is 15.5 Å². The van der Waals surface area contributed by atoms with Crippen LogP contribution in [0.2, 0.25) is 0 Å². The highest BCUT2D eigenvalue weighted by atomic mass is 32.2.